The summed E-state index contributed by atoms with van der Waals surface area (Å²) in [5.41, 5.74) is 0.783. The smallest absolute Gasteiger partial charge is 0.274 e. The van der Waals surface area contributed by atoms with Crippen molar-refractivity contribution in [1.29, 1.82) is 0 Å². The summed E-state index contributed by atoms with van der Waals surface area (Å²) < 4.78 is 33.2. The summed E-state index contributed by atoms with van der Waals surface area (Å²) in [4.78, 5) is 13.0. The average molecular weight is 393 g/mol. The zero-order chi connectivity index (χ0) is 20.2. The van der Waals surface area contributed by atoms with Crippen molar-refractivity contribution in [2.45, 2.75) is 0 Å². The molecule has 1 N–H and O–H groups in total. The number of rotatable bonds is 5. The van der Waals surface area contributed by atoms with Gasteiger partial charge in [-0.3, -0.25) is 4.79 Å². The number of amides is 1. The van der Waals surface area contributed by atoms with Gasteiger partial charge in [-0.2, -0.15) is 4.68 Å². The highest BCUT2D eigenvalue weighted by Gasteiger charge is 2.20. The van der Waals surface area contributed by atoms with Gasteiger partial charge in [0.2, 0.25) is 0 Å². The van der Waals surface area contributed by atoms with Gasteiger partial charge >= 0.3 is 0 Å². The normalized spacial score (nSPS) is 11.4. The molecule has 0 saturated carbocycles. The van der Waals surface area contributed by atoms with E-state index in [1.54, 1.807) is 24.3 Å². The van der Waals surface area contributed by atoms with Gasteiger partial charge in [0, 0.05) is 23.4 Å². The number of carbonyl (C=O) groups is 1. The lowest BCUT2D eigenvalue weighted by atomic mass is 10.2. The van der Waals surface area contributed by atoms with Gasteiger partial charge in [0.05, 0.1) is 6.26 Å². The van der Waals surface area contributed by atoms with E-state index in [-0.39, 0.29) is 11.4 Å². The molecule has 0 aliphatic carbocycles. The maximum atomic E-state index is 13.5. The summed E-state index contributed by atoms with van der Waals surface area (Å²) >= 11 is 0. The highest BCUT2D eigenvalue weighted by atomic mass is 19.2. The van der Waals surface area contributed by atoms with Gasteiger partial charge < -0.3 is 9.73 Å². The monoisotopic (exact) mass is 393 g/mol. The predicted octanol–water partition coefficient (Wildman–Crippen LogP) is 3.85. The van der Waals surface area contributed by atoms with E-state index in [0.717, 1.165) is 12.1 Å². The average Bonchev–Trinajstić information content (AvgIpc) is 3.41. The van der Waals surface area contributed by atoms with Gasteiger partial charge in [-0.25, -0.2) is 8.78 Å². The maximum Gasteiger partial charge on any atom is 0.274 e. The molecule has 2 aromatic carbocycles. The van der Waals surface area contributed by atoms with Crippen molar-refractivity contribution in [2.75, 3.05) is 5.32 Å². The van der Waals surface area contributed by atoms with Gasteiger partial charge in [0.1, 0.15) is 11.5 Å². The molecule has 0 atom stereocenters. The number of furan rings is 1. The summed E-state index contributed by atoms with van der Waals surface area (Å²) in [7, 11) is 0. The Morgan fingerprint density at radius 3 is 2.59 bits per heavy atom. The van der Waals surface area contributed by atoms with Crippen LogP contribution in [0.25, 0.3) is 23.2 Å². The summed E-state index contributed by atoms with van der Waals surface area (Å²) in [6.45, 7) is 0. The first-order valence-electron chi connectivity index (χ1n) is 8.47. The number of anilines is 1. The fourth-order valence-corrected chi connectivity index (χ4v) is 2.62. The zero-order valence-electron chi connectivity index (χ0n) is 14.8. The fourth-order valence-electron chi connectivity index (χ4n) is 2.62. The predicted molar refractivity (Wildman–Crippen MR) is 101 cm³/mol. The van der Waals surface area contributed by atoms with E-state index in [0.29, 0.717) is 17.1 Å². The first kappa shape index (κ1) is 18.2. The lowest BCUT2D eigenvalue weighted by Gasteiger charge is -2.10. The molecule has 4 aromatic rings. The van der Waals surface area contributed by atoms with E-state index < -0.39 is 17.5 Å². The molecule has 2 heterocycles. The third kappa shape index (κ3) is 3.93. The van der Waals surface area contributed by atoms with Gasteiger partial charge in [-0.05, 0) is 34.7 Å². The molecule has 29 heavy (non-hydrogen) atoms. The minimum Gasteiger partial charge on any atom is -0.465 e. The molecule has 0 aliphatic rings. The lowest BCUT2D eigenvalue weighted by Crippen LogP contribution is -2.19. The van der Waals surface area contributed by atoms with E-state index >= 15 is 0 Å². The Morgan fingerprint density at radius 2 is 1.86 bits per heavy atom. The molecule has 0 radical (unpaired) electrons. The van der Waals surface area contributed by atoms with Crippen LogP contribution in [0.5, 0.6) is 0 Å². The number of nitrogens with zero attached hydrogens (tertiary/aromatic N) is 4. The van der Waals surface area contributed by atoms with Crippen LogP contribution in [0.1, 0.15) is 5.76 Å². The zero-order valence-corrected chi connectivity index (χ0v) is 14.8. The summed E-state index contributed by atoms with van der Waals surface area (Å²) in [6, 6.07) is 15.4. The van der Waals surface area contributed by atoms with Crippen LogP contribution >= 0.6 is 0 Å². The van der Waals surface area contributed by atoms with E-state index in [9.17, 15) is 13.6 Å². The number of halogens is 2. The molecule has 0 fully saturated rings. The number of benzene rings is 2. The second kappa shape index (κ2) is 7.85. The van der Waals surface area contributed by atoms with Crippen molar-refractivity contribution < 1.29 is 18.0 Å². The maximum absolute atomic E-state index is 13.5. The van der Waals surface area contributed by atoms with Crippen LogP contribution in [0, 0.1) is 11.6 Å². The first-order valence-corrected chi connectivity index (χ1v) is 8.47. The minimum atomic E-state index is -1.08. The molecule has 7 nitrogen and oxygen atoms in total. The van der Waals surface area contributed by atoms with Crippen LogP contribution in [-0.4, -0.2) is 26.1 Å². The highest BCUT2D eigenvalue weighted by Crippen LogP contribution is 2.22. The number of hydrogen-bond donors (Lipinski definition) is 1. The molecule has 9 heteroatoms. The lowest BCUT2D eigenvalue weighted by molar-refractivity contribution is -0.111. The van der Waals surface area contributed by atoms with Crippen LogP contribution in [0.15, 0.2) is 71.3 Å². The quantitative estimate of drug-likeness (QED) is 0.521. The van der Waals surface area contributed by atoms with Crippen molar-refractivity contribution in [2.24, 2.45) is 0 Å². The Hall–Kier alpha value is -4.14. The van der Waals surface area contributed by atoms with Crippen molar-refractivity contribution in [1.82, 2.24) is 20.2 Å². The van der Waals surface area contributed by atoms with Gasteiger partial charge in [0.25, 0.3) is 5.91 Å². The van der Waals surface area contributed by atoms with E-state index in [2.05, 4.69) is 20.8 Å². The second-order valence-electron chi connectivity index (χ2n) is 5.91. The first-order chi connectivity index (χ1) is 14.1. The van der Waals surface area contributed by atoms with Gasteiger partial charge in [-0.1, -0.05) is 30.3 Å². The van der Waals surface area contributed by atoms with Crippen LogP contribution < -0.4 is 5.32 Å². The van der Waals surface area contributed by atoms with Crippen LogP contribution in [0.4, 0.5) is 14.5 Å². The number of nitrogens with one attached hydrogen (secondary N) is 1. The van der Waals surface area contributed by atoms with E-state index in [1.165, 1.54) is 23.1 Å². The molecule has 0 saturated heterocycles. The number of carbonyl (C=O) groups excluding carboxylic acids is 1. The summed E-state index contributed by atoms with van der Waals surface area (Å²) in [5.74, 6) is -2.02. The van der Waals surface area contributed by atoms with Gasteiger partial charge in [-0.15, -0.1) is 5.10 Å². The van der Waals surface area contributed by atoms with Crippen molar-refractivity contribution in [3.8, 4) is 11.4 Å². The van der Waals surface area contributed by atoms with E-state index in [1.807, 2.05) is 18.2 Å². The number of tetrazole rings is 1. The van der Waals surface area contributed by atoms with Crippen molar-refractivity contribution >= 4 is 23.4 Å². The number of hydrogen-bond acceptors (Lipinski definition) is 5. The summed E-state index contributed by atoms with van der Waals surface area (Å²) in [5, 5.41) is 14.1. The SMILES string of the molecule is O=C(Nc1ccc(F)c(F)c1)/C(=C/c1ccco1)n1nnnc1-c1ccccc1. The third-order valence-electron chi connectivity index (χ3n) is 3.96. The molecular weight excluding hydrogens is 380 g/mol. The minimum absolute atomic E-state index is 0.0218. The van der Waals surface area contributed by atoms with Crippen molar-refractivity contribution in [3.05, 3.63) is 84.3 Å². The van der Waals surface area contributed by atoms with E-state index in [4.69, 9.17) is 4.42 Å². The largest absolute Gasteiger partial charge is 0.465 e. The molecule has 1 amide bonds. The topological polar surface area (TPSA) is 85.8 Å². The number of aromatic nitrogens is 4. The molecular formula is C20H13F2N5O2. The second-order valence-corrected chi connectivity index (χ2v) is 5.91. The molecule has 0 bridgehead atoms. The van der Waals surface area contributed by atoms with Crippen LogP contribution in [-0.2, 0) is 4.79 Å². The standard InChI is InChI=1S/C20H13F2N5O2/c21-16-9-8-14(11-17(16)22)23-20(28)18(12-15-7-4-10-29-15)27-19(24-25-26-27)13-5-2-1-3-6-13/h1-12H,(H,23,28)/b18-12-. The summed E-state index contributed by atoms with van der Waals surface area (Å²) in [6.07, 6.45) is 2.90. The molecule has 144 valence electrons. The molecule has 4 rings (SSSR count). The molecule has 0 aliphatic heterocycles. The molecule has 0 unspecified atom stereocenters. The van der Waals surface area contributed by atoms with Crippen molar-refractivity contribution in [3.63, 3.8) is 0 Å². The Kier molecular flexibility index (Phi) is 4.93. The van der Waals surface area contributed by atoms with Crippen LogP contribution in [0.2, 0.25) is 0 Å². The Labute approximate surface area is 163 Å². The fraction of sp³-hybridized carbons (Fsp3) is 0. The Balaban J connectivity index is 1.75. The third-order valence-corrected chi connectivity index (χ3v) is 3.96. The van der Waals surface area contributed by atoms with Crippen LogP contribution in [0.3, 0.4) is 0 Å². The Bertz CT molecular complexity index is 1170. The molecule has 0 spiro atoms. The highest BCUT2D eigenvalue weighted by molar-refractivity contribution is 6.24. The molecule has 2 aromatic heterocycles. The van der Waals surface area contributed by atoms with Gasteiger partial charge in [0.15, 0.2) is 17.5 Å². The Morgan fingerprint density at radius 1 is 1.03 bits per heavy atom.